The maximum absolute atomic E-state index is 13.3. The number of rotatable bonds is 12. The lowest BCUT2D eigenvalue weighted by atomic mass is 9.97. The summed E-state index contributed by atoms with van der Waals surface area (Å²) in [5, 5.41) is 145. The highest BCUT2D eigenvalue weighted by molar-refractivity contribution is 5.86. The Labute approximate surface area is 355 Å². The lowest BCUT2D eigenvalue weighted by Gasteiger charge is -2.45. The van der Waals surface area contributed by atoms with Crippen molar-refractivity contribution in [1.82, 2.24) is 0 Å². The van der Waals surface area contributed by atoms with Crippen LogP contribution in [0.1, 0.15) is 6.92 Å². The quantitative estimate of drug-likeness (QED) is 0.0805. The summed E-state index contributed by atoms with van der Waals surface area (Å²) >= 11 is 0. The van der Waals surface area contributed by atoms with Gasteiger partial charge in [-0.3, -0.25) is 4.79 Å². The van der Waals surface area contributed by atoms with Gasteiger partial charge in [0.25, 0.3) is 0 Å². The predicted molar refractivity (Wildman–Crippen MR) is 202 cm³/mol. The van der Waals surface area contributed by atoms with E-state index in [4.69, 9.17) is 42.3 Å². The topological polar surface area (TPSA) is 387 Å². The summed E-state index contributed by atoms with van der Waals surface area (Å²) in [6.45, 7) is -0.947. The Hall–Kier alpha value is -3.71. The van der Waals surface area contributed by atoms with Crippen molar-refractivity contribution in [3.63, 3.8) is 0 Å². The number of ether oxygens (including phenoxy) is 8. The summed E-state index contributed by atoms with van der Waals surface area (Å²) in [5.41, 5.74) is -0.646. The van der Waals surface area contributed by atoms with Gasteiger partial charge in [0.05, 0.1) is 25.9 Å². The molecule has 4 saturated heterocycles. The third-order valence-electron chi connectivity index (χ3n) is 11.3. The Morgan fingerprint density at radius 1 is 0.524 bits per heavy atom. The number of fused-ring (bicyclic) bond motifs is 1. The normalized spacial score (nSPS) is 41.0. The number of hydrogen-bond donors (Lipinski definition) is 14. The molecule has 0 saturated carbocycles. The predicted octanol–water partition coefficient (Wildman–Crippen LogP) is -5.80. The van der Waals surface area contributed by atoms with Crippen molar-refractivity contribution in [2.45, 2.75) is 130 Å². The molecular weight excluding hydrogens is 852 g/mol. The second-order valence-corrected chi connectivity index (χ2v) is 15.5. The van der Waals surface area contributed by atoms with Crippen molar-refractivity contribution >= 4 is 11.0 Å². The molecule has 0 aliphatic carbocycles. The number of hydrogen-bond acceptors (Lipinski definition) is 24. The molecule has 63 heavy (non-hydrogen) atoms. The van der Waals surface area contributed by atoms with Crippen LogP contribution in [-0.2, 0) is 28.4 Å². The third-order valence-corrected chi connectivity index (χ3v) is 11.3. The molecule has 2 aromatic carbocycles. The SMILES string of the molecule is C[C@@H]1O[C@@H](O[C@@H]2[C@H](Oc3cc(O)c4c(=O)cc(-c5ccc(O[C@H]6O[C@@H](CO)[C@H](O)[C@@H](O)[C@@H]6O[C@@H]6O[C@@H](CO)[C@H](O)[C@H](O)[C@@H]6O)cc5)oc4c3)O[C@@H](CO)[C@H](O)[C@@H]2O)[C@@H](O)[C@@H](O)[C@H]1O. The Bertz CT molecular complexity index is 2050. The van der Waals surface area contributed by atoms with E-state index in [1.54, 1.807) is 0 Å². The molecule has 0 radical (unpaired) electrons. The maximum atomic E-state index is 13.3. The summed E-state index contributed by atoms with van der Waals surface area (Å²) < 4.78 is 51.4. The van der Waals surface area contributed by atoms with Crippen LogP contribution in [0.25, 0.3) is 22.3 Å². The zero-order chi connectivity index (χ0) is 45.6. The molecule has 0 bridgehead atoms. The van der Waals surface area contributed by atoms with Crippen LogP contribution in [0.15, 0.2) is 51.7 Å². The van der Waals surface area contributed by atoms with Crippen LogP contribution in [-0.4, -0.2) is 214 Å². The molecule has 24 nitrogen and oxygen atoms in total. The number of aromatic hydroxyl groups is 1. The molecule has 4 aliphatic rings. The second kappa shape index (κ2) is 19.4. The molecule has 20 atom stereocenters. The van der Waals surface area contributed by atoms with Crippen molar-refractivity contribution in [2.75, 3.05) is 19.8 Å². The maximum Gasteiger partial charge on any atom is 0.229 e. The minimum Gasteiger partial charge on any atom is -0.507 e. The van der Waals surface area contributed by atoms with Crippen LogP contribution in [0.5, 0.6) is 17.2 Å². The van der Waals surface area contributed by atoms with E-state index in [1.807, 2.05) is 0 Å². The van der Waals surface area contributed by atoms with Crippen molar-refractivity contribution in [1.29, 1.82) is 0 Å². The molecule has 0 amide bonds. The summed E-state index contributed by atoms with van der Waals surface area (Å²) in [6, 6.07) is 8.90. The van der Waals surface area contributed by atoms with Gasteiger partial charge in [-0.2, -0.15) is 0 Å². The van der Waals surface area contributed by atoms with Crippen molar-refractivity contribution in [2.24, 2.45) is 0 Å². The molecule has 4 fully saturated rings. The van der Waals surface area contributed by atoms with E-state index in [1.165, 1.54) is 37.3 Å². The van der Waals surface area contributed by atoms with Crippen molar-refractivity contribution in [3.8, 4) is 28.6 Å². The molecule has 5 heterocycles. The molecule has 7 rings (SSSR count). The van der Waals surface area contributed by atoms with Gasteiger partial charge in [-0.1, -0.05) is 0 Å². The van der Waals surface area contributed by atoms with Gasteiger partial charge in [0.15, 0.2) is 30.2 Å². The molecule has 14 N–H and O–H groups in total. The monoisotopic (exact) mass is 902 g/mol. The summed E-state index contributed by atoms with van der Waals surface area (Å²) in [7, 11) is 0. The average molecular weight is 903 g/mol. The van der Waals surface area contributed by atoms with Gasteiger partial charge in [0, 0.05) is 23.8 Å². The van der Waals surface area contributed by atoms with Crippen LogP contribution < -0.4 is 14.9 Å². The number of phenolic OH excluding ortho intramolecular Hbond substituents is 1. The van der Waals surface area contributed by atoms with Crippen LogP contribution in [0.4, 0.5) is 0 Å². The highest BCUT2D eigenvalue weighted by Gasteiger charge is 2.53. The summed E-state index contributed by atoms with van der Waals surface area (Å²) in [4.78, 5) is 13.3. The van der Waals surface area contributed by atoms with Crippen LogP contribution in [0.3, 0.4) is 0 Å². The first-order valence-corrected chi connectivity index (χ1v) is 19.8. The van der Waals surface area contributed by atoms with Crippen LogP contribution >= 0.6 is 0 Å². The largest absolute Gasteiger partial charge is 0.507 e. The van der Waals surface area contributed by atoms with E-state index >= 15 is 0 Å². The lowest BCUT2D eigenvalue weighted by Crippen LogP contribution is -2.65. The van der Waals surface area contributed by atoms with Crippen LogP contribution in [0, 0.1) is 0 Å². The standard InChI is InChI=1S/C39H50O24/c1-12-24(45)28(49)32(53)36(55-12)62-35-31(52)27(48)22(11-42)61-39(35)57-15-6-16(43)23-17(44)8-18(58-19(23)7-15)13-2-4-14(5-3-13)56-38-34(30(51)26(47)21(10-41)60-38)63-37-33(54)29(50)25(46)20(9-40)59-37/h2-8,12,20-22,24-43,45-54H,9-11H2,1H3/t12-,20-,21-,22-,24-,25-,26-,27-,28-,29-,30+,31-,32-,33-,34-,35-,36-,37-,38-,39+/m0/s1. The molecular formula is C39H50O24. The molecule has 1 aromatic heterocycles. The second-order valence-electron chi connectivity index (χ2n) is 15.5. The molecule has 24 heteroatoms. The third kappa shape index (κ3) is 9.38. The van der Waals surface area contributed by atoms with E-state index in [-0.39, 0.29) is 33.8 Å². The van der Waals surface area contributed by atoms with Crippen molar-refractivity contribution < 1.29 is 114 Å². The van der Waals surface area contributed by atoms with E-state index in [2.05, 4.69) is 0 Å². The smallest absolute Gasteiger partial charge is 0.229 e. The first-order valence-electron chi connectivity index (χ1n) is 19.8. The Morgan fingerprint density at radius 3 is 1.51 bits per heavy atom. The van der Waals surface area contributed by atoms with Crippen molar-refractivity contribution in [3.05, 3.63) is 52.7 Å². The zero-order valence-electron chi connectivity index (χ0n) is 33.1. The van der Waals surface area contributed by atoms with Gasteiger partial charge in [0.1, 0.15) is 113 Å². The Kier molecular flexibility index (Phi) is 14.6. The molecule has 4 aliphatic heterocycles. The average Bonchev–Trinajstić information content (AvgIpc) is 3.26. The highest BCUT2D eigenvalue weighted by Crippen LogP contribution is 2.36. The first kappa shape index (κ1) is 47.3. The number of aliphatic hydroxyl groups excluding tert-OH is 13. The first-order chi connectivity index (χ1) is 29.9. The molecule has 0 unspecified atom stereocenters. The minimum absolute atomic E-state index is 0.0342. The fourth-order valence-corrected chi connectivity index (χ4v) is 7.63. The summed E-state index contributed by atoms with van der Waals surface area (Å²) in [6.07, 6.45) is -32.9. The summed E-state index contributed by atoms with van der Waals surface area (Å²) in [5.74, 6) is -0.859. The molecule has 3 aromatic rings. The van der Waals surface area contributed by atoms with E-state index in [9.17, 15) is 76.3 Å². The molecule has 0 spiro atoms. The van der Waals surface area contributed by atoms with Gasteiger partial charge in [-0.05, 0) is 31.2 Å². The number of benzene rings is 2. The van der Waals surface area contributed by atoms with Gasteiger partial charge in [0.2, 0.25) is 12.6 Å². The fraction of sp³-hybridized carbons (Fsp3) is 0.615. The Balaban J connectivity index is 1.11. The van der Waals surface area contributed by atoms with Gasteiger partial charge < -0.3 is 114 Å². The number of aliphatic hydroxyl groups is 13. The molecule has 350 valence electrons. The minimum atomic E-state index is -1.89. The van der Waals surface area contributed by atoms with E-state index in [0.717, 1.165) is 12.1 Å². The highest BCUT2D eigenvalue weighted by atomic mass is 16.8. The Morgan fingerprint density at radius 2 is 0.984 bits per heavy atom. The zero-order valence-corrected chi connectivity index (χ0v) is 33.1. The number of phenols is 1. The van der Waals surface area contributed by atoms with E-state index in [0.29, 0.717) is 0 Å². The van der Waals surface area contributed by atoms with Gasteiger partial charge >= 0.3 is 0 Å². The van der Waals surface area contributed by atoms with Crippen LogP contribution in [0.2, 0.25) is 0 Å². The fourth-order valence-electron chi connectivity index (χ4n) is 7.63. The lowest BCUT2D eigenvalue weighted by molar-refractivity contribution is -0.357. The van der Waals surface area contributed by atoms with E-state index < -0.39 is 154 Å². The van der Waals surface area contributed by atoms with Gasteiger partial charge in [-0.15, -0.1) is 0 Å². The van der Waals surface area contributed by atoms with Gasteiger partial charge in [-0.25, -0.2) is 0 Å².